The average Bonchev–Trinajstić information content (AvgIpc) is 3.20. The van der Waals surface area contributed by atoms with Crippen LogP contribution in [0.5, 0.6) is 11.5 Å². The molecule has 1 aliphatic heterocycles. The number of esters is 2. The van der Waals surface area contributed by atoms with Crippen molar-refractivity contribution in [2.75, 3.05) is 7.11 Å². The zero-order valence-electron chi connectivity index (χ0n) is 19.4. The second-order valence-electron chi connectivity index (χ2n) is 7.88. The number of halogens is 1. The highest BCUT2D eigenvalue weighted by atomic mass is 127. The van der Waals surface area contributed by atoms with Gasteiger partial charge < -0.3 is 14.2 Å². The van der Waals surface area contributed by atoms with Gasteiger partial charge in [-0.15, -0.1) is 0 Å². The van der Waals surface area contributed by atoms with Crippen LogP contribution in [0.1, 0.15) is 32.6 Å². The SMILES string of the molecule is COc1cc(/C=C2\N=C(c3ccc([N+](=O)[O-])c(C)c3)OC2=O)cc(I)c1OC(=O)c1ccc(C)cc1. The molecule has 0 spiro atoms. The van der Waals surface area contributed by atoms with Crippen molar-refractivity contribution < 1.29 is 28.7 Å². The second-order valence-corrected chi connectivity index (χ2v) is 9.05. The number of aryl methyl sites for hydroxylation is 2. The highest BCUT2D eigenvalue weighted by Gasteiger charge is 2.26. The molecular weight excluding hydrogens is 579 g/mol. The Morgan fingerprint density at radius 3 is 2.47 bits per heavy atom. The van der Waals surface area contributed by atoms with Crippen LogP contribution in [0.25, 0.3) is 6.08 Å². The van der Waals surface area contributed by atoms with Gasteiger partial charge in [-0.25, -0.2) is 14.6 Å². The molecule has 0 bridgehead atoms. The van der Waals surface area contributed by atoms with Gasteiger partial charge in [0.2, 0.25) is 5.90 Å². The molecular formula is C26H19IN2O7. The lowest BCUT2D eigenvalue weighted by Crippen LogP contribution is -2.10. The van der Waals surface area contributed by atoms with E-state index in [4.69, 9.17) is 14.2 Å². The van der Waals surface area contributed by atoms with Gasteiger partial charge in [-0.3, -0.25) is 10.1 Å². The molecule has 0 radical (unpaired) electrons. The van der Waals surface area contributed by atoms with E-state index in [0.29, 0.717) is 31.6 Å². The van der Waals surface area contributed by atoms with Crippen LogP contribution >= 0.6 is 22.6 Å². The molecule has 0 atom stereocenters. The molecule has 0 saturated carbocycles. The van der Waals surface area contributed by atoms with Crippen molar-refractivity contribution in [1.29, 1.82) is 0 Å². The predicted molar refractivity (Wildman–Crippen MR) is 140 cm³/mol. The van der Waals surface area contributed by atoms with Crippen LogP contribution in [-0.4, -0.2) is 29.9 Å². The van der Waals surface area contributed by atoms with E-state index in [1.54, 1.807) is 31.2 Å². The Morgan fingerprint density at radius 1 is 1.11 bits per heavy atom. The van der Waals surface area contributed by atoms with E-state index in [9.17, 15) is 19.7 Å². The molecule has 3 aromatic rings. The van der Waals surface area contributed by atoms with Crippen LogP contribution < -0.4 is 9.47 Å². The number of methoxy groups -OCH3 is 1. The summed E-state index contributed by atoms with van der Waals surface area (Å²) < 4.78 is 16.9. The lowest BCUT2D eigenvalue weighted by Gasteiger charge is -2.12. The third-order valence-corrected chi connectivity index (χ3v) is 6.10. The summed E-state index contributed by atoms with van der Waals surface area (Å²) in [5.74, 6) is -0.579. The Kier molecular flexibility index (Phi) is 7.15. The number of cyclic esters (lactones) is 1. The fraction of sp³-hybridized carbons (Fsp3) is 0.115. The first kappa shape index (κ1) is 25.0. The normalized spacial score (nSPS) is 13.8. The second kappa shape index (κ2) is 10.3. The summed E-state index contributed by atoms with van der Waals surface area (Å²) in [6.07, 6.45) is 1.52. The van der Waals surface area contributed by atoms with Gasteiger partial charge in [0, 0.05) is 17.2 Å². The van der Waals surface area contributed by atoms with Gasteiger partial charge in [-0.1, -0.05) is 17.7 Å². The monoisotopic (exact) mass is 598 g/mol. The van der Waals surface area contributed by atoms with Crippen molar-refractivity contribution in [1.82, 2.24) is 0 Å². The predicted octanol–water partition coefficient (Wildman–Crippen LogP) is 5.39. The summed E-state index contributed by atoms with van der Waals surface area (Å²) in [5.41, 5.74) is 2.87. The summed E-state index contributed by atoms with van der Waals surface area (Å²) in [5, 5.41) is 11.1. The molecule has 1 aliphatic rings. The van der Waals surface area contributed by atoms with E-state index < -0.39 is 16.9 Å². The zero-order chi connectivity index (χ0) is 26.0. The van der Waals surface area contributed by atoms with Crippen molar-refractivity contribution >= 4 is 52.2 Å². The van der Waals surface area contributed by atoms with Gasteiger partial charge in [0.05, 0.1) is 21.2 Å². The quantitative estimate of drug-likeness (QED) is 0.0933. The number of nitro benzene ring substituents is 1. The molecule has 0 aromatic heterocycles. The Labute approximate surface area is 219 Å². The zero-order valence-corrected chi connectivity index (χ0v) is 21.6. The van der Waals surface area contributed by atoms with Gasteiger partial charge in [0.15, 0.2) is 17.2 Å². The van der Waals surface area contributed by atoms with Crippen molar-refractivity contribution in [2.45, 2.75) is 13.8 Å². The molecule has 3 aromatic carbocycles. The summed E-state index contributed by atoms with van der Waals surface area (Å²) in [7, 11) is 1.45. The van der Waals surface area contributed by atoms with Crippen molar-refractivity contribution in [3.63, 3.8) is 0 Å². The highest BCUT2D eigenvalue weighted by Crippen LogP contribution is 2.35. The summed E-state index contributed by atoms with van der Waals surface area (Å²) in [6, 6.07) is 14.7. The molecule has 10 heteroatoms. The van der Waals surface area contributed by atoms with Gasteiger partial charge >= 0.3 is 11.9 Å². The van der Waals surface area contributed by atoms with E-state index >= 15 is 0 Å². The number of carbonyl (C=O) groups excluding carboxylic acids is 2. The van der Waals surface area contributed by atoms with E-state index in [-0.39, 0.29) is 23.0 Å². The van der Waals surface area contributed by atoms with Crippen LogP contribution in [0.15, 0.2) is 65.3 Å². The Morgan fingerprint density at radius 2 is 1.83 bits per heavy atom. The van der Waals surface area contributed by atoms with Crippen molar-refractivity contribution in [3.8, 4) is 11.5 Å². The maximum atomic E-state index is 12.6. The third-order valence-electron chi connectivity index (χ3n) is 5.30. The Hall–Kier alpha value is -4.06. The maximum absolute atomic E-state index is 12.6. The topological polar surface area (TPSA) is 117 Å². The molecule has 0 amide bonds. The van der Waals surface area contributed by atoms with E-state index in [2.05, 4.69) is 4.99 Å². The summed E-state index contributed by atoms with van der Waals surface area (Å²) in [4.78, 5) is 39.9. The largest absolute Gasteiger partial charge is 0.493 e. The minimum absolute atomic E-state index is 0.0377. The lowest BCUT2D eigenvalue weighted by atomic mass is 10.1. The van der Waals surface area contributed by atoms with Gasteiger partial charge in [0.25, 0.3) is 5.69 Å². The molecule has 9 nitrogen and oxygen atoms in total. The van der Waals surface area contributed by atoms with E-state index in [1.165, 1.54) is 31.4 Å². The van der Waals surface area contributed by atoms with Crippen LogP contribution in [0, 0.1) is 27.5 Å². The van der Waals surface area contributed by atoms with Crippen LogP contribution in [-0.2, 0) is 9.53 Å². The van der Waals surface area contributed by atoms with Gasteiger partial charge in [0.1, 0.15) is 0 Å². The van der Waals surface area contributed by atoms with E-state index in [0.717, 1.165) is 5.56 Å². The molecule has 0 aliphatic carbocycles. The fourth-order valence-electron chi connectivity index (χ4n) is 3.45. The number of nitrogens with zero attached hydrogens (tertiary/aromatic N) is 2. The molecule has 0 N–H and O–H groups in total. The molecule has 0 saturated heterocycles. The van der Waals surface area contributed by atoms with Crippen LogP contribution in [0.2, 0.25) is 0 Å². The standard InChI is InChI=1S/C26H19IN2O7/c1-14-4-6-17(7-5-14)25(30)35-23-19(27)11-16(13-22(23)34-3)12-20-26(31)36-24(28-20)18-8-9-21(29(32)33)15(2)10-18/h4-13H,1-3H3/b20-12-. The number of nitro groups is 1. The minimum atomic E-state index is -0.662. The first-order valence-electron chi connectivity index (χ1n) is 10.6. The first-order valence-corrected chi connectivity index (χ1v) is 11.7. The highest BCUT2D eigenvalue weighted by molar-refractivity contribution is 14.1. The van der Waals surface area contributed by atoms with Gasteiger partial charge in [-0.2, -0.15) is 0 Å². The first-order chi connectivity index (χ1) is 17.2. The molecule has 0 fully saturated rings. The third kappa shape index (κ3) is 5.28. The Bertz CT molecular complexity index is 1460. The molecule has 182 valence electrons. The number of carbonyl (C=O) groups is 2. The van der Waals surface area contributed by atoms with Crippen LogP contribution in [0.4, 0.5) is 5.69 Å². The summed E-state index contributed by atoms with van der Waals surface area (Å²) in [6.45, 7) is 3.52. The van der Waals surface area contributed by atoms with E-state index in [1.807, 2.05) is 41.6 Å². The number of ether oxygens (including phenoxy) is 3. The minimum Gasteiger partial charge on any atom is -0.493 e. The number of benzene rings is 3. The molecule has 4 rings (SSSR count). The Balaban J connectivity index is 1.62. The number of hydrogen-bond donors (Lipinski definition) is 0. The molecule has 36 heavy (non-hydrogen) atoms. The number of hydrogen-bond acceptors (Lipinski definition) is 8. The fourth-order valence-corrected chi connectivity index (χ4v) is 4.18. The number of rotatable bonds is 6. The van der Waals surface area contributed by atoms with Gasteiger partial charge in [-0.05, 0) is 84.5 Å². The average molecular weight is 598 g/mol. The lowest BCUT2D eigenvalue weighted by molar-refractivity contribution is -0.385. The molecule has 0 unspecified atom stereocenters. The van der Waals surface area contributed by atoms with Crippen molar-refractivity contribution in [2.24, 2.45) is 4.99 Å². The van der Waals surface area contributed by atoms with Crippen molar-refractivity contribution in [3.05, 3.63) is 102 Å². The maximum Gasteiger partial charge on any atom is 0.363 e. The van der Waals surface area contributed by atoms with Crippen LogP contribution in [0.3, 0.4) is 0 Å². The smallest absolute Gasteiger partial charge is 0.363 e. The summed E-state index contributed by atoms with van der Waals surface area (Å²) >= 11 is 2.02. The molecule has 1 heterocycles. The number of aliphatic imine (C=N–C) groups is 1.